The minimum absolute atomic E-state index is 0.0683. The van der Waals surface area contributed by atoms with Crippen molar-refractivity contribution in [3.05, 3.63) is 70.5 Å². The Morgan fingerprint density at radius 3 is 2.58 bits per heavy atom. The number of rotatable bonds is 9. The molecule has 0 spiro atoms. The van der Waals surface area contributed by atoms with Crippen LogP contribution in [0.3, 0.4) is 0 Å². The number of aromatic nitrogens is 2. The predicted molar refractivity (Wildman–Crippen MR) is 113 cm³/mol. The number of para-hydroxylation sites is 1. The molecule has 1 aromatic heterocycles. The third-order valence-corrected chi connectivity index (χ3v) is 4.05. The maximum Gasteiger partial charge on any atom is 0.355 e. The average Bonchev–Trinajstić information content (AvgIpc) is 2.77. The number of carbonyl (C=O) groups is 1. The van der Waals surface area contributed by atoms with Crippen molar-refractivity contribution < 1.29 is 19.2 Å². The lowest BCUT2D eigenvalue weighted by Crippen LogP contribution is -2.34. The number of hydrogen-bond donors (Lipinski definition) is 3. The number of nitrogens with zero attached hydrogens (tertiary/aromatic N) is 3. The fraction of sp³-hybridized carbons (Fsp3) is 0.150. The summed E-state index contributed by atoms with van der Waals surface area (Å²) >= 11 is 0. The molecule has 2 aromatic carbocycles. The van der Waals surface area contributed by atoms with E-state index in [9.17, 15) is 14.9 Å². The molecule has 1 amide bonds. The summed E-state index contributed by atoms with van der Waals surface area (Å²) in [5.41, 5.74) is 5.75. The molecule has 0 fully saturated rings. The lowest BCUT2D eigenvalue weighted by Gasteiger charge is -2.13. The Bertz CT molecular complexity index is 1080. The molecule has 31 heavy (non-hydrogen) atoms. The van der Waals surface area contributed by atoms with E-state index in [2.05, 4.69) is 26.1 Å². The number of nitrogens with one attached hydrogen (secondary N) is 3. The van der Waals surface area contributed by atoms with Gasteiger partial charge in [-0.1, -0.05) is 24.3 Å². The molecular formula is C20H20N6O5. The van der Waals surface area contributed by atoms with Gasteiger partial charge in [-0.25, -0.2) is 9.97 Å². The number of benzene rings is 2. The second-order valence-electron chi connectivity index (χ2n) is 6.28. The van der Waals surface area contributed by atoms with E-state index in [1.54, 1.807) is 36.4 Å². The average molecular weight is 424 g/mol. The van der Waals surface area contributed by atoms with Crippen molar-refractivity contribution in [3.63, 3.8) is 0 Å². The molecule has 3 rings (SSSR count). The highest BCUT2D eigenvalue weighted by atomic mass is 16.6. The summed E-state index contributed by atoms with van der Waals surface area (Å²) < 4.78 is 10.6. The molecule has 0 aliphatic carbocycles. The number of methoxy groups -OCH3 is 1. The number of ether oxygens (including phenoxy) is 2. The lowest BCUT2D eigenvalue weighted by atomic mass is 10.2. The van der Waals surface area contributed by atoms with Crippen LogP contribution in [0.4, 0.5) is 23.0 Å². The Balaban J connectivity index is 1.74. The lowest BCUT2D eigenvalue weighted by molar-refractivity contribution is -0.383. The van der Waals surface area contributed by atoms with Crippen LogP contribution in [0, 0.1) is 17.0 Å². The van der Waals surface area contributed by atoms with E-state index in [1.807, 2.05) is 19.1 Å². The zero-order chi connectivity index (χ0) is 22.2. The summed E-state index contributed by atoms with van der Waals surface area (Å²) in [7, 11) is 1.49. The van der Waals surface area contributed by atoms with Crippen LogP contribution >= 0.6 is 0 Å². The molecule has 0 bridgehead atoms. The fourth-order valence-corrected chi connectivity index (χ4v) is 2.61. The fourth-order valence-electron chi connectivity index (χ4n) is 2.61. The summed E-state index contributed by atoms with van der Waals surface area (Å²) in [4.78, 5) is 30.9. The van der Waals surface area contributed by atoms with Gasteiger partial charge < -0.3 is 14.8 Å². The van der Waals surface area contributed by atoms with Gasteiger partial charge in [0.15, 0.2) is 6.61 Å². The zero-order valence-electron chi connectivity index (χ0n) is 16.8. The molecule has 3 N–H and O–H groups in total. The topological polar surface area (TPSA) is 141 Å². The van der Waals surface area contributed by atoms with E-state index in [0.29, 0.717) is 17.2 Å². The Morgan fingerprint density at radius 2 is 1.87 bits per heavy atom. The highest BCUT2D eigenvalue weighted by Crippen LogP contribution is 2.34. The van der Waals surface area contributed by atoms with Crippen molar-refractivity contribution in [2.45, 2.75) is 6.92 Å². The first-order chi connectivity index (χ1) is 15.0. The third-order valence-electron chi connectivity index (χ3n) is 4.05. The van der Waals surface area contributed by atoms with Gasteiger partial charge in [-0.05, 0) is 36.8 Å². The van der Waals surface area contributed by atoms with E-state index in [0.717, 1.165) is 11.9 Å². The first-order valence-electron chi connectivity index (χ1n) is 9.11. The van der Waals surface area contributed by atoms with Crippen LogP contribution in [0.1, 0.15) is 5.56 Å². The quantitative estimate of drug-likeness (QED) is 0.349. The van der Waals surface area contributed by atoms with Gasteiger partial charge in [0.25, 0.3) is 5.91 Å². The van der Waals surface area contributed by atoms with Gasteiger partial charge in [0, 0.05) is 0 Å². The van der Waals surface area contributed by atoms with Gasteiger partial charge >= 0.3 is 5.69 Å². The number of nitro groups is 1. The summed E-state index contributed by atoms with van der Waals surface area (Å²) in [6.45, 7) is 1.58. The Labute approximate surface area is 177 Å². The van der Waals surface area contributed by atoms with E-state index in [-0.39, 0.29) is 18.2 Å². The van der Waals surface area contributed by atoms with Crippen molar-refractivity contribution in [1.29, 1.82) is 0 Å². The van der Waals surface area contributed by atoms with Gasteiger partial charge in [0.05, 0.1) is 17.7 Å². The molecule has 11 nitrogen and oxygen atoms in total. The van der Waals surface area contributed by atoms with E-state index in [1.165, 1.54) is 7.11 Å². The zero-order valence-corrected chi connectivity index (χ0v) is 16.8. The Hall–Kier alpha value is -4.41. The summed E-state index contributed by atoms with van der Waals surface area (Å²) in [5, 5.41) is 14.6. The highest BCUT2D eigenvalue weighted by Gasteiger charge is 2.24. The third kappa shape index (κ3) is 5.56. The largest absolute Gasteiger partial charge is 0.495 e. The van der Waals surface area contributed by atoms with Crippen LogP contribution in [0.2, 0.25) is 0 Å². The molecule has 0 saturated heterocycles. The van der Waals surface area contributed by atoms with Crippen LogP contribution in [-0.4, -0.2) is 34.5 Å². The summed E-state index contributed by atoms with van der Waals surface area (Å²) in [5.74, 6) is 0.193. The molecule has 3 aromatic rings. The van der Waals surface area contributed by atoms with Crippen LogP contribution in [-0.2, 0) is 4.79 Å². The van der Waals surface area contributed by atoms with Gasteiger partial charge in [0.2, 0.25) is 11.6 Å². The summed E-state index contributed by atoms with van der Waals surface area (Å²) in [6.07, 6.45) is 1.13. The van der Waals surface area contributed by atoms with Crippen LogP contribution in [0.25, 0.3) is 0 Å². The second-order valence-corrected chi connectivity index (χ2v) is 6.28. The molecular weight excluding hydrogens is 404 g/mol. The van der Waals surface area contributed by atoms with Gasteiger partial charge in [-0.15, -0.1) is 0 Å². The molecule has 0 aliphatic heterocycles. The molecule has 0 unspecified atom stereocenters. The van der Waals surface area contributed by atoms with E-state index in [4.69, 9.17) is 9.47 Å². The van der Waals surface area contributed by atoms with Crippen molar-refractivity contribution in [1.82, 2.24) is 15.4 Å². The van der Waals surface area contributed by atoms with Crippen LogP contribution in [0.15, 0.2) is 54.9 Å². The van der Waals surface area contributed by atoms with E-state index >= 15 is 0 Å². The SMILES string of the molecule is COc1ccc(C)cc1Nc1ncnc(NNC(=O)COc2ccccc2)c1[N+](=O)[O-]. The molecule has 0 aliphatic rings. The van der Waals surface area contributed by atoms with Crippen molar-refractivity contribution in [2.24, 2.45) is 0 Å². The number of anilines is 3. The maximum atomic E-state index is 12.0. The van der Waals surface area contributed by atoms with Crippen molar-refractivity contribution in [3.8, 4) is 11.5 Å². The van der Waals surface area contributed by atoms with Gasteiger partial charge in [-0.3, -0.25) is 25.8 Å². The standard InChI is InChI=1S/C20H20N6O5/c1-13-8-9-16(30-2)15(10-13)23-19-18(26(28)29)20(22-12-21-19)25-24-17(27)11-31-14-6-4-3-5-7-14/h3-10,12H,11H2,1-2H3,(H,24,27)(H2,21,22,23,25). The smallest absolute Gasteiger partial charge is 0.355 e. The van der Waals surface area contributed by atoms with Crippen molar-refractivity contribution in [2.75, 3.05) is 24.5 Å². The normalized spacial score (nSPS) is 10.1. The first kappa shape index (κ1) is 21.3. The molecule has 0 saturated carbocycles. The first-order valence-corrected chi connectivity index (χ1v) is 9.11. The monoisotopic (exact) mass is 424 g/mol. The molecule has 0 atom stereocenters. The number of carbonyl (C=O) groups excluding carboxylic acids is 1. The summed E-state index contributed by atoms with van der Waals surface area (Å²) in [6, 6.07) is 14.1. The molecule has 160 valence electrons. The maximum absolute atomic E-state index is 12.0. The number of aryl methyl sites for hydroxylation is 1. The molecule has 0 radical (unpaired) electrons. The number of amides is 1. The molecule has 1 heterocycles. The van der Waals surface area contributed by atoms with Crippen LogP contribution < -0.4 is 25.6 Å². The van der Waals surface area contributed by atoms with Crippen LogP contribution in [0.5, 0.6) is 11.5 Å². The van der Waals surface area contributed by atoms with Gasteiger partial charge in [0.1, 0.15) is 17.8 Å². The Morgan fingerprint density at radius 1 is 1.13 bits per heavy atom. The van der Waals surface area contributed by atoms with Crippen molar-refractivity contribution >= 4 is 28.9 Å². The minimum atomic E-state index is -0.653. The Kier molecular flexibility index (Phi) is 6.78. The predicted octanol–water partition coefficient (Wildman–Crippen LogP) is 2.97. The highest BCUT2D eigenvalue weighted by molar-refractivity contribution is 5.81. The molecule has 11 heteroatoms. The van der Waals surface area contributed by atoms with E-state index < -0.39 is 16.5 Å². The second kappa shape index (κ2) is 9.87. The minimum Gasteiger partial charge on any atom is -0.495 e. The number of hydrazine groups is 1. The number of hydrogen-bond acceptors (Lipinski definition) is 9. The van der Waals surface area contributed by atoms with Gasteiger partial charge in [-0.2, -0.15) is 0 Å².